The summed E-state index contributed by atoms with van der Waals surface area (Å²) in [5.74, 6) is 0.758. The van der Waals surface area contributed by atoms with Gasteiger partial charge in [0.2, 0.25) is 5.91 Å². The van der Waals surface area contributed by atoms with E-state index in [1.807, 2.05) is 36.4 Å². The van der Waals surface area contributed by atoms with E-state index in [1.54, 1.807) is 7.11 Å². The smallest absolute Gasteiger partial charge is 0.228 e. The van der Waals surface area contributed by atoms with Gasteiger partial charge >= 0.3 is 0 Å². The molecule has 3 nitrogen and oxygen atoms in total. The average molecular weight is 367 g/mol. The van der Waals surface area contributed by atoms with Crippen molar-refractivity contribution < 1.29 is 9.53 Å². The predicted molar refractivity (Wildman–Crippen MR) is 87.2 cm³/mol. The number of rotatable bonds is 3. The third-order valence-electron chi connectivity index (χ3n) is 3.52. The Morgan fingerprint density at radius 2 is 2.10 bits per heavy atom. The first kappa shape index (κ1) is 14.4. The van der Waals surface area contributed by atoms with E-state index in [0.29, 0.717) is 6.42 Å². The zero-order valence-corrected chi connectivity index (χ0v) is 13.7. The van der Waals surface area contributed by atoms with Crippen LogP contribution in [0, 0.1) is 0 Å². The van der Waals surface area contributed by atoms with E-state index in [-0.39, 0.29) is 11.3 Å². The van der Waals surface area contributed by atoms with Crippen molar-refractivity contribution in [1.29, 1.82) is 0 Å². The van der Waals surface area contributed by atoms with Crippen molar-refractivity contribution in [2.24, 2.45) is 0 Å². The number of anilines is 1. The molecule has 0 aliphatic carbocycles. The van der Waals surface area contributed by atoms with Crippen LogP contribution in [0.1, 0.15) is 22.1 Å². The molecule has 0 aromatic heterocycles. The summed E-state index contributed by atoms with van der Waals surface area (Å²) >= 11 is 10.0. The number of nitrogens with one attached hydrogen (secondary N) is 1. The minimum Gasteiger partial charge on any atom is -0.496 e. The van der Waals surface area contributed by atoms with Crippen molar-refractivity contribution in [3.8, 4) is 5.75 Å². The number of carbonyl (C=O) groups is 1. The molecule has 2 aromatic carbocycles. The van der Waals surface area contributed by atoms with Crippen LogP contribution >= 0.6 is 27.5 Å². The van der Waals surface area contributed by atoms with Gasteiger partial charge in [-0.25, -0.2) is 0 Å². The van der Waals surface area contributed by atoms with Crippen LogP contribution in [0.25, 0.3) is 0 Å². The summed E-state index contributed by atoms with van der Waals surface area (Å²) < 4.78 is 6.34. The number of amides is 1. The molecule has 1 atom stereocenters. The van der Waals surface area contributed by atoms with Crippen LogP contribution in [0.3, 0.4) is 0 Å². The van der Waals surface area contributed by atoms with Gasteiger partial charge in [-0.3, -0.25) is 4.79 Å². The van der Waals surface area contributed by atoms with E-state index in [2.05, 4.69) is 21.2 Å². The summed E-state index contributed by atoms with van der Waals surface area (Å²) in [6, 6.07) is 11.6. The molecule has 1 aliphatic heterocycles. The summed E-state index contributed by atoms with van der Waals surface area (Å²) in [7, 11) is 1.63. The Labute approximate surface area is 136 Å². The molecule has 108 valence electrons. The molecule has 1 unspecified atom stereocenters. The molecule has 1 N–H and O–H groups in total. The van der Waals surface area contributed by atoms with Crippen molar-refractivity contribution in [2.75, 3.05) is 12.4 Å². The number of fused-ring (bicyclic) bond motifs is 1. The van der Waals surface area contributed by atoms with E-state index in [0.717, 1.165) is 32.6 Å². The van der Waals surface area contributed by atoms with Gasteiger partial charge in [-0.2, -0.15) is 0 Å². The van der Waals surface area contributed by atoms with Gasteiger partial charge in [-0.05, 0) is 29.3 Å². The first-order chi connectivity index (χ1) is 10.1. The Morgan fingerprint density at radius 1 is 1.29 bits per heavy atom. The minimum absolute atomic E-state index is 0.0227. The second kappa shape index (κ2) is 5.70. The fourth-order valence-corrected chi connectivity index (χ4v) is 3.14. The number of alkyl halides is 1. The monoisotopic (exact) mass is 365 g/mol. The first-order valence-electron chi connectivity index (χ1n) is 6.48. The third kappa shape index (κ3) is 2.78. The summed E-state index contributed by atoms with van der Waals surface area (Å²) in [4.78, 5) is 11.4. The molecule has 1 amide bonds. The largest absolute Gasteiger partial charge is 0.496 e. The molecular formula is C16H13BrClNO2. The number of benzene rings is 2. The second-order valence-electron chi connectivity index (χ2n) is 4.89. The summed E-state index contributed by atoms with van der Waals surface area (Å²) in [5, 5.41) is 2.50. The molecule has 0 saturated carbocycles. The first-order valence-corrected chi connectivity index (χ1v) is 7.71. The van der Waals surface area contributed by atoms with Gasteiger partial charge in [0.05, 0.1) is 18.9 Å². The van der Waals surface area contributed by atoms with Gasteiger partial charge in [-0.1, -0.05) is 34.1 Å². The zero-order chi connectivity index (χ0) is 15.0. The standard InChI is InChI=1S/C16H13BrClNO2/c1-21-14-8-11(17)3-4-12(14)16(18)9-2-5-13-10(6-9)7-15(20)19-13/h2-6,8,16H,7H2,1H3,(H,19,20). The van der Waals surface area contributed by atoms with Crippen LogP contribution in [-0.4, -0.2) is 13.0 Å². The van der Waals surface area contributed by atoms with Crippen LogP contribution in [-0.2, 0) is 11.2 Å². The molecule has 1 heterocycles. The molecule has 0 fully saturated rings. The van der Waals surface area contributed by atoms with Crippen LogP contribution in [0.15, 0.2) is 40.9 Å². The maximum absolute atomic E-state index is 11.4. The summed E-state index contributed by atoms with van der Waals surface area (Å²) in [6.07, 6.45) is 0.407. The average Bonchev–Trinajstić information content (AvgIpc) is 2.85. The zero-order valence-electron chi connectivity index (χ0n) is 11.3. The van der Waals surface area contributed by atoms with Gasteiger partial charge < -0.3 is 10.1 Å². The lowest BCUT2D eigenvalue weighted by molar-refractivity contribution is -0.115. The van der Waals surface area contributed by atoms with E-state index in [4.69, 9.17) is 16.3 Å². The van der Waals surface area contributed by atoms with Crippen LogP contribution in [0.5, 0.6) is 5.75 Å². The van der Waals surface area contributed by atoms with Crippen molar-refractivity contribution >= 4 is 39.1 Å². The molecule has 0 radical (unpaired) electrons. The lowest BCUT2D eigenvalue weighted by Gasteiger charge is -2.15. The molecule has 0 spiro atoms. The maximum atomic E-state index is 11.4. The van der Waals surface area contributed by atoms with Crippen LogP contribution in [0.4, 0.5) is 5.69 Å². The summed E-state index contributed by atoms with van der Waals surface area (Å²) in [6.45, 7) is 0. The highest BCUT2D eigenvalue weighted by Gasteiger charge is 2.21. The minimum atomic E-state index is -0.325. The Bertz CT molecular complexity index is 717. The van der Waals surface area contributed by atoms with Gasteiger partial charge in [0.1, 0.15) is 5.75 Å². The number of hydrogen-bond donors (Lipinski definition) is 1. The number of carbonyl (C=O) groups excluding carboxylic acids is 1. The lowest BCUT2D eigenvalue weighted by atomic mass is 10.0. The highest BCUT2D eigenvalue weighted by atomic mass is 79.9. The maximum Gasteiger partial charge on any atom is 0.228 e. The fraction of sp³-hybridized carbons (Fsp3) is 0.188. The van der Waals surface area contributed by atoms with Crippen LogP contribution in [0.2, 0.25) is 0 Å². The molecule has 1 aliphatic rings. The lowest BCUT2D eigenvalue weighted by Crippen LogP contribution is -2.03. The van der Waals surface area contributed by atoms with Crippen molar-refractivity contribution in [1.82, 2.24) is 0 Å². The molecule has 0 bridgehead atoms. The second-order valence-corrected chi connectivity index (χ2v) is 6.24. The number of halogens is 2. The van der Waals surface area contributed by atoms with Crippen molar-refractivity contribution in [2.45, 2.75) is 11.8 Å². The number of methoxy groups -OCH3 is 1. The van der Waals surface area contributed by atoms with E-state index in [1.165, 1.54) is 0 Å². The number of hydrogen-bond acceptors (Lipinski definition) is 2. The van der Waals surface area contributed by atoms with Gasteiger partial charge in [0.25, 0.3) is 0 Å². The van der Waals surface area contributed by atoms with Gasteiger partial charge in [0, 0.05) is 15.7 Å². The normalized spacial score (nSPS) is 14.5. The molecule has 21 heavy (non-hydrogen) atoms. The van der Waals surface area contributed by atoms with Gasteiger partial charge in [-0.15, -0.1) is 11.6 Å². The Morgan fingerprint density at radius 3 is 2.86 bits per heavy atom. The molecular weight excluding hydrogens is 354 g/mol. The molecule has 3 rings (SSSR count). The highest BCUT2D eigenvalue weighted by molar-refractivity contribution is 9.10. The van der Waals surface area contributed by atoms with Crippen molar-refractivity contribution in [3.05, 3.63) is 57.6 Å². The fourth-order valence-electron chi connectivity index (χ4n) is 2.48. The van der Waals surface area contributed by atoms with Crippen LogP contribution < -0.4 is 10.1 Å². The Hall–Kier alpha value is -1.52. The quantitative estimate of drug-likeness (QED) is 0.823. The number of ether oxygens (including phenoxy) is 1. The Kier molecular flexibility index (Phi) is 3.91. The summed E-state index contributed by atoms with van der Waals surface area (Å²) in [5.41, 5.74) is 3.71. The predicted octanol–water partition coefficient (Wildman–Crippen LogP) is 4.28. The topological polar surface area (TPSA) is 38.3 Å². The van der Waals surface area contributed by atoms with Gasteiger partial charge in [0.15, 0.2) is 0 Å². The Balaban J connectivity index is 1.98. The van der Waals surface area contributed by atoms with E-state index < -0.39 is 0 Å². The molecule has 5 heteroatoms. The van der Waals surface area contributed by atoms with Crippen molar-refractivity contribution in [3.63, 3.8) is 0 Å². The van der Waals surface area contributed by atoms with E-state index in [9.17, 15) is 4.79 Å². The third-order valence-corrected chi connectivity index (χ3v) is 4.50. The molecule has 0 saturated heterocycles. The van der Waals surface area contributed by atoms with E-state index >= 15 is 0 Å². The SMILES string of the molecule is COc1cc(Br)ccc1C(Cl)c1ccc2c(c1)CC(=O)N2. The molecule has 2 aromatic rings. The highest BCUT2D eigenvalue weighted by Crippen LogP contribution is 2.38.